The SMILES string of the molecule is CCC=C(CC)CN(CC)CC. The lowest BCUT2D eigenvalue weighted by molar-refractivity contribution is 0.327. The van der Waals surface area contributed by atoms with Crippen LogP contribution in [0.3, 0.4) is 0 Å². The smallest absolute Gasteiger partial charge is 0.0192 e. The van der Waals surface area contributed by atoms with Crippen molar-refractivity contribution in [3.05, 3.63) is 11.6 Å². The van der Waals surface area contributed by atoms with Crippen LogP contribution < -0.4 is 0 Å². The van der Waals surface area contributed by atoms with Crippen LogP contribution in [0, 0.1) is 0 Å². The second-order valence-electron chi connectivity index (χ2n) is 3.09. The van der Waals surface area contributed by atoms with Crippen LogP contribution in [-0.2, 0) is 0 Å². The Morgan fingerprint density at radius 3 is 2.00 bits per heavy atom. The number of hydrogen-bond donors (Lipinski definition) is 0. The Morgan fingerprint density at radius 1 is 1.08 bits per heavy atom. The van der Waals surface area contributed by atoms with E-state index in [4.69, 9.17) is 0 Å². The van der Waals surface area contributed by atoms with Gasteiger partial charge in [0.15, 0.2) is 0 Å². The Kier molecular flexibility index (Phi) is 7.17. The Labute approximate surface area is 77.5 Å². The molecule has 0 aliphatic rings. The third-order valence-corrected chi connectivity index (χ3v) is 2.27. The van der Waals surface area contributed by atoms with Gasteiger partial charge >= 0.3 is 0 Å². The van der Waals surface area contributed by atoms with Crippen LogP contribution in [0.4, 0.5) is 0 Å². The zero-order valence-electron chi connectivity index (χ0n) is 9.06. The molecule has 0 spiro atoms. The van der Waals surface area contributed by atoms with Gasteiger partial charge < -0.3 is 0 Å². The molecular weight excluding hydrogens is 146 g/mol. The fraction of sp³-hybridized carbons (Fsp3) is 0.818. The van der Waals surface area contributed by atoms with Crippen molar-refractivity contribution in [3.8, 4) is 0 Å². The molecule has 0 aromatic heterocycles. The topological polar surface area (TPSA) is 3.24 Å². The molecule has 0 rings (SSSR count). The molecule has 0 aliphatic heterocycles. The average molecular weight is 169 g/mol. The monoisotopic (exact) mass is 169 g/mol. The van der Waals surface area contributed by atoms with Crippen LogP contribution in [0.5, 0.6) is 0 Å². The first-order valence-electron chi connectivity index (χ1n) is 5.18. The lowest BCUT2D eigenvalue weighted by atomic mass is 10.1. The molecule has 0 atom stereocenters. The maximum Gasteiger partial charge on any atom is 0.0192 e. The molecule has 72 valence electrons. The summed E-state index contributed by atoms with van der Waals surface area (Å²) in [6.07, 6.45) is 4.73. The first-order valence-corrected chi connectivity index (χ1v) is 5.18. The minimum Gasteiger partial charge on any atom is -0.300 e. The highest BCUT2D eigenvalue weighted by Crippen LogP contribution is 2.04. The molecule has 0 saturated heterocycles. The molecule has 1 heteroatoms. The van der Waals surface area contributed by atoms with Crippen molar-refractivity contribution in [2.75, 3.05) is 19.6 Å². The Bertz CT molecular complexity index is 123. The van der Waals surface area contributed by atoms with Gasteiger partial charge in [-0.3, -0.25) is 4.90 Å². The van der Waals surface area contributed by atoms with Crippen LogP contribution in [0.2, 0.25) is 0 Å². The Morgan fingerprint density at radius 2 is 1.67 bits per heavy atom. The van der Waals surface area contributed by atoms with Gasteiger partial charge in [0.25, 0.3) is 0 Å². The highest BCUT2D eigenvalue weighted by molar-refractivity contribution is 5.03. The normalized spacial score (nSPS) is 12.6. The van der Waals surface area contributed by atoms with Crippen molar-refractivity contribution in [2.45, 2.75) is 40.5 Å². The third kappa shape index (κ3) is 4.55. The predicted octanol–water partition coefficient (Wildman–Crippen LogP) is 3.07. The first-order chi connectivity index (χ1) is 5.78. The second-order valence-corrected chi connectivity index (χ2v) is 3.09. The van der Waals surface area contributed by atoms with E-state index in [9.17, 15) is 0 Å². The maximum absolute atomic E-state index is 2.46. The Hall–Kier alpha value is -0.300. The molecule has 0 bridgehead atoms. The molecular formula is C11H23N. The van der Waals surface area contributed by atoms with E-state index in [1.54, 1.807) is 5.57 Å². The molecule has 0 heterocycles. The molecule has 0 aromatic carbocycles. The molecule has 0 amide bonds. The second kappa shape index (κ2) is 7.35. The molecule has 12 heavy (non-hydrogen) atoms. The standard InChI is InChI=1S/C11H23N/c1-5-9-11(6-2)10-12(7-3)8-4/h9H,5-8,10H2,1-4H3. The highest BCUT2D eigenvalue weighted by atomic mass is 15.1. The number of hydrogen-bond acceptors (Lipinski definition) is 1. The molecule has 0 radical (unpaired) electrons. The number of likely N-dealkylation sites (N-methyl/N-ethyl adjacent to an activating group) is 1. The van der Waals surface area contributed by atoms with Crippen molar-refractivity contribution < 1.29 is 0 Å². The predicted molar refractivity (Wildman–Crippen MR) is 56.5 cm³/mol. The van der Waals surface area contributed by atoms with E-state index < -0.39 is 0 Å². The quantitative estimate of drug-likeness (QED) is 0.552. The minimum atomic E-state index is 1.16. The van der Waals surface area contributed by atoms with Crippen molar-refractivity contribution >= 4 is 0 Å². The number of allylic oxidation sites excluding steroid dienone is 1. The summed E-state index contributed by atoms with van der Waals surface area (Å²) in [4.78, 5) is 2.46. The van der Waals surface area contributed by atoms with E-state index in [1.165, 1.54) is 12.8 Å². The molecule has 0 saturated carbocycles. The molecule has 0 N–H and O–H groups in total. The van der Waals surface area contributed by atoms with Gasteiger partial charge in [-0.25, -0.2) is 0 Å². The van der Waals surface area contributed by atoms with Gasteiger partial charge in [-0.05, 0) is 25.9 Å². The minimum absolute atomic E-state index is 1.16. The van der Waals surface area contributed by atoms with Crippen LogP contribution in [0.1, 0.15) is 40.5 Å². The molecule has 0 fully saturated rings. The molecule has 0 aliphatic carbocycles. The largest absolute Gasteiger partial charge is 0.300 e. The van der Waals surface area contributed by atoms with Gasteiger partial charge in [-0.15, -0.1) is 0 Å². The number of nitrogens with zero attached hydrogens (tertiary/aromatic N) is 1. The van der Waals surface area contributed by atoms with Crippen LogP contribution in [0.15, 0.2) is 11.6 Å². The third-order valence-electron chi connectivity index (χ3n) is 2.27. The van der Waals surface area contributed by atoms with Crippen molar-refractivity contribution in [1.29, 1.82) is 0 Å². The average Bonchev–Trinajstić information content (AvgIpc) is 2.12. The fourth-order valence-corrected chi connectivity index (χ4v) is 1.34. The van der Waals surface area contributed by atoms with Gasteiger partial charge in [0.1, 0.15) is 0 Å². The summed E-state index contributed by atoms with van der Waals surface area (Å²) in [5.41, 5.74) is 1.58. The summed E-state index contributed by atoms with van der Waals surface area (Å²) in [5, 5.41) is 0. The van der Waals surface area contributed by atoms with Gasteiger partial charge in [-0.1, -0.05) is 39.3 Å². The lowest BCUT2D eigenvalue weighted by Crippen LogP contribution is -2.25. The summed E-state index contributed by atoms with van der Waals surface area (Å²) in [7, 11) is 0. The zero-order chi connectivity index (χ0) is 9.40. The summed E-state index contributed by atoms with van der Waals surface area (Å²) >= 11 is 0. The van der Waals surface area contributed by atoms with Crippen molar-refractivity contribution in [2.24, 2.45) is 0 Å². The van der Waals surface area contributed by atoms with Gasteiger partial charge in [-0.2, -0.15) is 0 Å². The fourth-order valence-electron chi connectivity index (χ4n) is 1.34. The first kappa shape index (κ1) is 11.7. The van der Waals surface area contributed by atoms with Crippen LogP contribution >= 0.6 is 0 Å². The van der Waals surface area contributed by atoms with Crippen molar-refractivity contribution in [3.63, 3.8) is 0 Å². The maximum atomic E-state index is 2.46. The molecule has 0 unspecified atom stereocenters. The van der Waals surface area contributed by atoms with Gasteiger partial charge in [0.05, 0.1) is 0 Å². The lowest BCUT2D eigenvalue weighted by Gasteiger charge is -2.19. The van der Waals surface area contributed by atoms with E-state index in [1.807, 2.05) is 0 Å². The van der Waals surface area contributed by atoms with Gasteiger partial charge in [0, 0.05) is 6.54 Å². The van der Waals surface area contributed by atoms with Crippen molar-refractivity contribution in [1.82, 2.24) is 4.90 Å². The zero-order valence-corrected chi connectivity index (χ0v) is 9.06. The van der Waals surface area contributed by atoms with Crippen LogP contribution in [0.25, 0.3) is 0 Å². The van der Waals surface area contributed by atoms with E-state index in [-0.39, 0.29) is 0 Å². The van der Waals surface area contributed by atoms with E-state index >= 15 is 0 Å². The molecule has 0 aromatic rings. The summed E-state index contributed by atoms with van der Waals surface area (Å²) in [6, 6.07) is 0. The van der Waals surface area contributed by atoms with Crippen LogP contribution in [-0.4, -0.2) is 24.5 Å². The number of rotatable bonds is 6. The van der Waals surface area contributed by atoms with E-state index in [0.29, 0.717) is 0 Å². The molecule has 1 nitrogen and oxygen atoms in total. The summed E-state index contributed by atoms with van der Waals surface area (Å²) in [5.74, 6) is 0. The Balaban J connectivity index is 3.91. The van der Waals surface area contributed by atoms with Gasteiger partial charge in [0.2, 0.25) is 0 Å². The summed E-state index contributed by atoms with van der Waals surface area (Å²) < 4.78 is 0. The van der Waals surface area contributed by atoms with E-state index in [2.05, 4.69) is 38.7 Å². The van der Waals surface area contributed by atoms with E-state index in [0.717, 1.165) is 19.6 Å². The summed E-state index contributed by atoms with van der Waals surface area (Å²) in [6.45, 7) is 12.4. The highest BCUT2D eigenvalue weighted by Gasteiger charge is 2.00.